The van der Waals surface area contributed by atoms with Gasteiger partial charge in [0.2, 0.25) is 0 Å². The Morgan fingerprint density at radius 3 is 2.75 bits per heavy atom. The molecule has 0 aromatic rings. The van der Waals surface area contributed by atoms with Gasteiger partial charge in [-0.05, 0) is 19.4 Å². The van der Waals surface area contributed by atoms with Crippen molar-refractivity contribution in [2.45, 2.75) is 25.8 Å². The molecule has 16 heavy (non-hydrogen) atoms. The maximum Gasteiger partial charge on any atom is 0.323 e. The number of hydrogen-bond donors (Lipinski definition) is 0. The lowest BCUT2D eigenvalue weighted by molar-refractivity contribution is -0.145. The summed E-state index contributed by atoms with van der Waals surface area (Å²) >= 11 is 0. The van der Waals surface area contributed by atoms with E-state index in [1.165, 1.54) is 7.11 Å². The number of ether oxygens (including phenoxy) is 1. The largest absolute Gasteiger partial charge is 0.468 e. The van der Waals surface area contributed by atoms with E-state index in [4.69, 9.17) is 4.74 Å². The molecule has 1 unspecified atom stereocenters. The molecule has 1 aliphatic rings. The van der Waals surface area contributed by atoms with Crippen molar-refractivity contribution in [1.82, 2.24) is 4.90 Å². The first kappa shape index (κ1) is 13.4. The van der Waals surface area contributed by atoms with E-state index in [-0.39, 0.29) is 23.5 Å². The standard InChI is InChI=1S/C10H19NO4S/c1-3-16(13,14)8-7-11-6-4-5-9(11)10(12)15-2/h9H,3-8H2,1-2H3. The third-order valence-electron chi connectivity index (χ3n) is 2.97. The average molecular weight is 249 g/mol. The predicted molar refractivity (Wildman–Crippen MR) is 60.9 cm³/mol. The number of carbonyl (C=O) groups excluding carboxylic acids is 1. The second-order valence-corrected chi connectivity index (χ2v) is 6.43. The van der Waals surface area contributed by atoms with Crippen molar-refractivity contribution in [3.63, 3.8) is 0 Å². The average Bonchev–Trinajstić information content (AvgIpc) is 2.73. The third-order valence-corrected chi connectivity index (χ3v) is 4.65. The molecule has 0 aliphatic carbocycles. The van der Waals surface area contributed by atoms with Crippen LogP contribution in [0.4, 0.5) is 0 Å². The normalized spacial score (nSPS) is 22.2. The van der Waals surface area contributed by atoms with E-state index in [9.17, 15) is 13.2 Å². The van der Waals surface area contributed by atoms with Crippen molar-refractivity contribution in [1.29, 1.82) is 0 Å². The van der Waals surface area contributed by atoms with Crippen LogP contribution in [-0.4, -0.2) is 57.0 Å². The van der Waals surface area contributed by atoms with Gasteiger partial charge in [0.05, 0.1) is 12.9 Å². The van der Waals surface area contributed by atoms with Gasteiger partial charge in [-0.2, -0.15) is 0 Å². The van der Waals surface area contributed by atoms with E-state index in [2.05, 4.69) is 0 Å². The Morgan fingerprint density at radius 1 is 1.50 bits per heavy atom. The van der Waals surface area contributed by atoms with Gasteiger partial charge in [0, 0.05) is 12.3 Å². The zero-order valence-corrected chi connectivity index (χ0v) is 10.6. The van der Waals surface area contributed by atoms with Crippen LogP contribution in [0, 0.1) is 0 Å². The van der Waals surface area contributed by atoms with Gasteiger partial charge in [-0.15, -0.1) is 0 Å². The molecule has 0 bridgehead atoms. The number of rotatable bonds is 5. The Kier molecular flexibility index (Phi) is 4.73. The van der Waals surface area contributed by atoms with Crippen LogP contribution in [0.2, 0.25) is 0 Å². The molecule has 94 valence electrons. The summed E-state index contributed by atoms with van der Waals surface area (Å²) in [6.07, 6.45) is 1.69. The summed E-state index contributed by atoms with van der Waals surface area (Å²) in [4.78, 5) is 13.3. The van der Waals surface area contributed by atoms with E-state index in [1.807, 2.05) is 4.90 Å². The Labute approximate surface area is 96.7 Å². The first-order chi connectivity index (χ1) is 7.50. The maximum absolute atomic E-state index is 11.4. The van der Waals surface area contributed by atoms with Gasteiger partial charge in [0.25, 0.3) is 0 Å². The minimum atomic E-state index is -2.96. The van der Waals surface area contributed by atoms with Crippen molar-refractivity contribution < 1.29 is 17.9 Å². The molecule has 0 aromatic heterocycles. The van der Waals surface area contributed by atoms with Crippen LogP contribution in [0.25, 0.3) is 0 Å². The second kappa shape index (κ2) is 5.63. The summed E-state index contributed by atoms with van der Waals surface area (Å²) in [5.41, 5.74) is 0. The Bertz CT molecular complexity index is 339. The highest BCUT2D eigenvalue weighted by atomic mass is 32.2. The smallest absolute Gasteiger partial charge is 0.323 e. The topological polar surface area (TPSA) is 63.7 Å². The highest BCUT2D eigenvalue weighted by Gasteiger charge is 2.31. The quantitative estimate of drug-likeness (QED) is 0.645. The fourth-order valence-electron chi connectivity index (χ4n) is 1.90. The Balaban J connectivity index is 2.51. The van der Waals surface area contributed by atoms with Gasteiger partial charge in [-0.3, -0.25) is 9.69 Å². The van der Waals surface area contributed by atoms with Gasteiger partial charge in [-0.25, -0.2) is 8.42 Å². The van der Waals surface area contributed by atoms with Crippen LogP contribution in [0.1, 0.15) is 19.8 Å². The van der Waals surface area contributed by atoms with Crippen molar-refractivity contribution in [3.05, 3.63) is 0 Å². The Morgan fingerprint density at radius 2 is 2.19 bits per heavy atom. The lowest BCUT2D eigenvalue weighted by atomic mass is 10.2. The van der Waals surface area contributed by atoms with Gasteiger partial charge < -0.3 is 4.74 Å². The molecular formula is C10H19NO4S. The van der Waals surface area contributed by atoms with E-state index in [1.54, 1.807) is 6.92 Å². The number of sulfone groups is 1. The molecule has 0 aromatic carbocycles. The summed E-state index contributed by atoms with van der Waals surface area (Å²) in [5, 5.41) is 0. The number of carbonyl (C=O) groups is 1. The molecule has 1 saturated heterocycles. The van der Waals surface area contributed by atoms with Crippen molar-refractivity contribution >= 4 is 15.8 Å². The van der Waals surface area contributed by atoms with Crippen LogP contribution in [0.15, 0.2) is 0 Å². The van der Waals surface area contributed by atoms with Gasteiger partial charge in [0.15, 0.2) is 9.84 Å². The summed E-state index contributed by atoms with van der Waals surface area (Å²) < 4.78 is 27.4. The highest BCUT2D eigenvalue weighted by molar-refractivity contribution is 7.91. The first-order valence-electron chi connectivity index (χ1n) is 5.52. The van der Waals surface area contributed by atoms with Crippen molar-refractivity contribution in [3.8, 4) is 0 Å². The summed E-state index contributed by atoms with van der Waals surface area (Å²) in [7, 11) is -1.59. The van der Waals surface area contributed by atoms with Crippen molar-refractivity contribution in [2.75, 3.05) is 31.7 Å². The number of hydrogen-bond acceptors (Lipinski definition) is 5. The minimum Gasteiger partial charge on any atom is -0.468 e. The van der Waals surface area contributed by atoms with Crippen LogP contribution >= 0.6 is 0 Å². The fraction of sp³-hybridized carbons (Fsp3) is 0.900. The number of nitrogens with zero attached hydrogens (tertiary/aromatic N) is 1. The fourth-order valence-corrected chi connectivity index (χ4v) is 2.70. The third kappa shape index (κ3) is 3.45. The van der Waals surface area contributed by atoms with E-state index >= 15 is 0 Å². The number of methoxy groups -OCH3 is 1. The van der Waals surface area contributed by atoms with E-state index < -0.39 is 9.84 Å². The molecule has 1 aliphatic heterocycles. The molecule has 1 heterocycles. The van der Waals surface area contributed by atoms with Crippen LogP contribution in [0.5, 0.6) is 0 Å². The van der Waals surface area contributed by atoms with E-state index in [0.717, 1.165) is 19.4 Å². The number of likely N-dealkylation sites (tertiary alicyclic amines) is 1. The van der Waals surface area contributed by atoms with Crippen LogP contribution in [0.3, 0.4) is 0 Å². The lowest BCUT2D eigenvalue weighted by Gasteiger charge is -2.21. The summed E-state index contributed by atoms with van der Waals surface area (Å²) in [6.45, 7) is 2.84. The second-order valence-electron chi connectivity index (χ2n) is 3.95. The van der Waals surface area contributed by atoms with E-state index in [0.29, 0.717) is 6.54 Å². The maximum atomic E-state index is 11.4. The highest BCUT2D eigenvalue weighted by Crippen LogP contribution is 2.18. The Hall–Kier alpha value is -0.620. The summed E-state index contributed by atoms with van der Waals surface area (Å²) in [6, 6.07) is -0.253. The number of esters is 1. The predicted octanol–water partition coefficient (Wildman–Crippen LogP) is 0.0585. The minimum absolute atomic E-state index is 0.122. The SMILES string of the molecule is CCS(=O)(=O)CCN1CCCC1C(=O)OC. The molecule has 0 spiro atoms. The monoisotopic (exact) mass is 249 g/mol. The molecule has 5 nitrogen and oxygen atoms in total. The lowest BCUT2D eigenvalue weighted by Crippen LogP contribution is -2.39. The molecule has 0 amide bonds. The molecule has 1 fully saturated rings. The molecule has 0 N–H and O–H groups in total. The zero-order chi connectivity index (χ0) is 12.2. The van der Waals surface area contributed by atoms with Crippen LogP contribution in [-0.2, 0) is 19.4 Å². The molecule has 1 rings (SSSR count). The van der Waals surface area contributed by atoms with Crippen LogP contribution < -0.4 is 0 Å². The molecular weight excluding hydrogens is 230 g/mol. The first-order valence-corrected chi connectivity index (χ1v) is 7.34. The molecule has 1 atom stereocenters. The van der Waals surface area contributed by atoms with Gasteiger partial charge in [0.1, 0.15) is 6.04 Å². The van der Waals surface area contributed by atoms with Gasteiger partial charge >= 0.3 is 5.97 Å². The summed E-state index contributed by atoms with van der Waals surface area (Å²) in [5.74, 6) is 0.0205. The van der Waals surface area contributed by atoms with Crippen molar-refractivity contribution in [2.24, 2.45) is 0 Å². The van der Waals surface area contributed by atoms with Gasteiger partial charge in [-0.1, -0.05) is 6.92 Å². The molecule has 6 heteroatoms. The zero-order valence-electron chi connectivity index (χ0n) is 9.81. The molecule has 0 saturated carbocycles. The molecule has 0 radical (unpaired) electrons.